The average Bonchev–Trinajstić information content (AvgIpc) is 3.34. The number of halogens is 12. The Labute approximate surface area is 319 Å². The van der Waals surface area contributed by atoms with Gasteiger partial charge in [0.05, 0.1) is 22.3 Å². The summed E-state index contributed by atoms with van der Waals surface area (Å²) in [7, 11) is -2.31. The number of benzene rings is 4. The molecule has 5 aromatic rings. The van der Waals surface area contributed by atoms with Crippen molar-refractivity contribution in [3.63, 3.8) is 0 Å². The SMILES string of the molecule is FC(F)(F)c1cc(-c2cc3c(c4c2op(N2CCCCC2)oc2c(-c5cc(C(F)(F)F)cc(C(F)(F)F)c5)cc5c(c24)CCCC5)CCCC3)cc(C(F)(F)F)c1. The molecule has 4 aromatic carbocycles. The van der Waals surface area contributed by atoms with E-state index < -0.39 is 66.2 Å². The van der Waals surface area contributed by atoms with E-state index in [2.05, 4.69) is 0 Å². The summed E-state index contributed by atoms with van der Waals surface area (Å²) in [5.74, 6) is 0. The van der Waals surface area contributed by atoms with Gasteiger partial charge < -0.3 is 8.39 Å². The summed E-state index contributed by atoms with van der Waals surface area (Å²) in [5.41, 5.74) is -4.34. The van der Waals surface area contributed by atoms with E-state index in [9.17, 15) is 52.7 Å². The average molecular weight is 832 g/mol. The highest BCUT2D eigenvalue weighted by molar-refractivity contribution is 7.39. The summed E-state index contributed by atoms with van der Waals surface area (Å²) in [6.45, 7) is 0.834. The predicted octanol–water partition coefficient (Wildman–Crippen LogP) is 14.6. The van der Waals surface area contributed by atoms with Gasteiger partial charge in [0.15, 0.2) is 11.2 Å². The third-order valence-corrected chi connectivity index (χ3v) is 12.7. The van der Waals surface area contributed by atoms with E-state index in [0.29, 0.717) is 135 Å². The Morgan fingerprint density at radius 1 is 0.421 bits per heavy atom. The maximum absolute atomic E-state index is 14.3. The summed E-state index contributed by atoms with van der Waals surface area (Å²) in [5, 5.41) is 0.682. The van der Waals surface area contributed by atoms with Crippen molar-refractivity contribution in [1.29, 1.82) is 0 Å². The van der Waals surface area contributed by atoms with Crippen LogP contribution in [0.2, 0.25) is 0 Å². The Hall–Kier alpha value is -4.10. The van der Waals surface area contributed by atoms with E-state index in [1.54, 1.807) is 12.1 Å². The molecule has 0 N–H and O–H groups in total. The third-order valence-electron chi connectivity index (χ3n) is 11.2. The van der Waals surface area contributed by atoms with Gasteiger partial charge in [0, 0.05) is 35.0 Å². The summed E-state index contributed by atoms with van der Waals surface area (Å²) >= 11 is 0. The number of nitrogens with zero attached hydrogens (tertiary/aromatic N) is 1. The monoisotopic (exact) mass is 831 g/mol. The standard InChI is InChI=1S/C41H34F12NO2P/c42-38(43,44)26-14-24(15-27(20-26)39(45,46)47)32-18-22-8-2-4-10-30(22)34-35-31-11-5-3-9-23(31)19-33(25-16-28(40(48,49)50)21-29(17-25)41(51,52)53)37(35)56-57(55-36(32)34)54-12-6-1-7-13-54/h14-21H,1-13H2. The van der Waals surface area contributed by atoms with Gasteiger partial charge in [-0.15, -0.1) is 0 Å². The van der Waals surface area contributed by atoms with Crippen LogP contribution in [0.4, 0.5) is 52.7 Å². The van der Waals surface area contributed by atoms with Gasteiger partial charge >= 0.3 is 32.9 Å². The van der Waals surface area contributed by atoms with Crippen LogP contribution in [-0.4, -0.2) is 13.1 Å². The van der Waals surface area contributed by atoms with Crippen LogP contribution in [0, 0.1) is 0 Å². The van der Waals surface area contributed by atoms with E-state index in [0.717, 1.165) is 6.42 Å². The zero-order chi connectivity index (χ0) is 40.7. The van der Waals surface area contributed by atoms with Crippen LogP contribution in [0.25, 0.3) is 44.2 Å². The summed E-state index contributed by atoms with van der Waals surface area (Å²) in [6.07, 6.45) is -14.0. The van der Waals surface area contributed by atoms with Gasteiger partial charge in [-0.3, -0.25) is 0 Å². The molecule has 57 heavy (non-hydrogen) atoms. The molecular weight excluding hydrogens is 797 g/mol. The van der Waals surface area contributed by atoms with Crippen LogP contribution >= 0.6 is 8.16 Å². The Balaban J connectivity index is 1.59. The summed E-state index contributed by atoms with van der Waals surface area (Å²) in [4.78, 5) is 0. The number of fused-ring (bicyclic) bond motifs is 7. The minimum absolute atomic E-state index is 0.0246. The lowest BCUT2D eigenvalue weighted by Gasteiger charge is -2.24. The molecule has 0 saturated carbocycles. The fraction of sp³-hybridized carbons (Fsp3) is 0.415. The van der Waals surface area contributed by atoms with Crippen molar-refractivity contribution in [3.8, 4) is 22.3 Å². The Morgan fingerprint density at radius 3 is 1.12 bits per heavy atom. The van der Waals surface area contributed by atoms with Gasteiger partial charge in [-0.25, -0.2) is 4.67 Å². The molecule has 0 radical (unpaired) electrons. The van der Waals surface area contributed by atoms with Gasteiger partial charge in [-0.1, -0.05) is 6.42 Å². The largest absolute Gasteiger partial charge is 0.416 e. The first-order chi connectivity index (χ1) is 26.8. The van der Waals surface area contributed by atoms with Crippen molar-refractivity contribution in [1.82, 2.24) is 0 Å². The van der Waals surface area contributed by atoms with Crippen molar-refractivity contribution >= 4 is 30.1 Å². The number of alkyl halides is 12. The van der Waals surface area contributed by atoms with Gasteiger partial charge in [-0.05, 0) is 146 Å². The molecule has 1 saturated heterocycles. The van der Waals surface area contributed by atoms with Crippen LogP contribution in [-0.2, 0) is 50.4 Å². The first kappa shape index (κ1) is 39.7. The smallest absolute Gasteiger partial charge is 0.407 e. The second-order valence-corrected chi connectivity index (χ2v) is 16.4. The molecule has 0 atom stereocenters. The lowest BCUT2D eigenvalue weighted by atomic mass is 9.81. The summed E-state index contributed by atoms with van der Waals surface area (Å²) in [6, 6.07) is 5.81. The predicted molar refractivity (Wildman–Crippen MR) is 192 cm³/mol. The molecular formula is C41H34F12NO2P. The number of rotatable bonds is 3. The topological polar surface area (TPSA) is 29.5 Å². The number of aryl methyl sites for hydroxylation is 4. The second-order valence-electron chi connectivity index (χ2n) is 15.0. The highest BCUT2D eigenvalue weighted by atomic mass is 31.1. The Kier molecular flexibility index (Phi) is 9.98. The third kappa shape index (κ3) is 7.66. The molecule has 1 aliphatic heterocycles. The number of hydrogen-bond donors (Lipinski definition) is 0. The van der Waals surface area contributed by atoms with E-state index in [1.807, 2.05) is 4.67 Å². The Morgan fingerprint density at radius 2 is 0.772 bits per heavy atom. The first-order valence-electron chi connectivity index (χ1n) is 18.7. The van der Waals surface area contributed by atoms with Crippen LogP contribution in [0.15, 0.2) is 56.9 Å². The highest BCUT2D eigenvalue weighted by Crippen LogP contribution is 2.51. The van der Waals surface area contributed by atoms with Crippen LogP contribution in [0.5, 0.6) is 0 Å². The van der Waals surface area contributed by atoms with E-state index in [1.165, 1.54) is 0 Å². The van der Waals surface area contributed by atoms with Crippen molar-refractivity contribution in [3.05, 3.63) is 93.0 Å². The number of hydrogen-bond acceptors (Lipinski definition) is 3. The van der Waals surface area contributed by atoms with Crippen LogP contribution in [0.1, 0.15) is 89.5 Å². The lowest BCUT2D eigenvalue weighted by molar-refractivity contribution is -0.144. The zero-order valence-electron chi connectivity index (χ0n) is 30.1. The van der Waals surface area contributed by atoms with Gasteiger partial charge in [0.25, 0.3) is 0 Å². The molecule has 0 bridgehead atoms. The fourth-order valence-electron chi connectivity index (χ4n) is 8.47. The Bertz CT molecular complexity index is 2200. The lowest BCUT2D eigenvalue weighted by Crippen LogP contribution is -2.26. The molecule has 16 heteroatoms. The van der Waals surface area contributed by atoms with E-state index in [4.69, 9.17) is 8.39 Å². The fourth-order valence-corrected chi connectivity index (χ4v) is 10.0. The molecule has 0 spiro atoms. The van der Waals surface area contributed by atoms with Crippen LogP contribution in [0.3, 0.4) is 0 Å². The molecule has 2 aliphatic carbocycles. The molecule has 2 heterocycles. The first-order valence-corrected chi connectivity index (χ1v) is 19.8. The highest BCUT2D eigenvalue weighted by Gasteiger charge is 2.39. The summed E-state index contributed by atoms with van der Waals surface area (Å²) < 4.78 is 187. The molecule has 8 rings (SSSR count). The molecule has 0 amide bonds. The quantitative estimate of drug-likeness (QED) is 0.170. The van der Waals surface area contributed by atoms with E-state index in [-0.39, 0.29) is 34.4 Å². The van der Waals surface area contributed by atoms with Crippen molar-refractivity contribution in [2.75, 3.05) is 17.8 Å². The maximum Gasteiger partial charge on any atom is 0.416 e. The van der Waals surface area contributed by atoms with Crippen molar-refractivity contribution in [2.24, 2.45) is 0 Å². The normalized spacial score (nSPS) is 17.2. The molecule has 1 aromatic heterocycles. The van der Waals surface area contributed by atoms with E-state index >= 15 is 0 Å². The van der Waals surface area contributed by atoms with Gasteiger partial charge in [0.2, 0.25) is 0 Å². The molecule has 1 fully saturated rings. The van der Waals surface area contributed by atoms with Gasteiger partial charge in [0.1, 0.15) is 0 Å². The maximum atomic E-state index is 14.3. The van der Waals surface area contributed by atoms with Gasteiger partial charge in [-0.2, -0.15) is 52.7 Å². The minimum Gasteiger partial charge on any atom is -0.407 e. The second kappa shape index (κ2) is 14.3. The molecule has 304 valence electrons. The molecule has 3 aliphatic rings. The van der Waals surface area contributed by atoms with Crippen molar-refractivity contribution < 1.29 is 61.1 Å². The van der Waals surface area contributed by atoms with Crippen LogP contribution < -0.4 is 4.67 Å². The minimum atomic E-state index is -5.15. The molecule has 3 nitrogen and oxygen atoms in total. The zero-order valence-corrected chi connectivity index (χ0v) is 31.0. The number of piperidine rings is 1. The van der Waals surface area contributed by atoms with Crippen molar-refractivity contribution in [2.45, 2.75) is 95.3 Å². The molecule has 0 unspecified atom stereocenters.